The first-order valence-electron chi connectivity index (χ1n) is 9.84. The summed E-state index contributed by atoms with van der Waals surface area (Å²) in [6.07, 6.45) is 0. The maximum Gasteiger partial charge on any atom is 0.238 e. The van der Waals surface area contributed by atoms with E-state index in [1.807, 2.05) is 6.92 Å². The summed E-state index contributed by atoms with van der Waals surface area (Å²) < 4.78 is 16.0. The lowest BCUT2D eigenvalue weighted by atomic mass is 10.1. The zero-order chi connectivity index (χ0) is 23.7. The number of hydrogen-bond acceptors (Lipinski definition) is 6. The van der Waals surface area contributed by atoms with E-state index in [1.165, 1.54) is 21.3 Å². The van der Waals surface area contributed by atoms with E-state index in [9.17, 15) is 9.59 Å². The zero-order valence-corrected chi connectivity index (χ0v) is 20.0. The molecule has 2 aromatic carbocycles. The second kappa shape index (κ2) is 12.4. The van der Waals surface area contributed by atoms with E-state index in [0.717, 1.165) is 5.56 Å². The van der Waals surface area contributed by atoms with Gasteiger partial charge in [0.2, 0.25) is 17.6 Å². The molecule has 2 N–H and O–H groups in total. The van der Waals surface area contributed by atoms with Crippen molar-refractivity contribution < 1.29 is 23.8 Å². The molecule has 0 saturated heterocycles. The third kappa shape index (κ3) is 6.91. The molecule has 10 heteroatoms. The standard InChI is InChI=1S/C22H27Cl2N3O5/c1-5-27(13-20(29)26-21-15(23)7-6-8-16(21)24)12-19(28)25-11-14-9-17(30-2)22(32-4)18(10-14)31-3/h6-10H,5,11-13H2,1-4H3,(H,25,28)(H,26,29). The first-order valence-corrected chi connectivity index (χ1v) is 10.6. The molecule has 0 saturated carbocycles. The van der Waals surface area contributed by atoms with Crippen molar-refractivity contribution in [1.82, 2.24) is 10.2 Å². The number of para-hydroxylation sites is 1. The van der Waals surface area contributed by atoms with Crippen molar-refractivity contribution in [3.8, 4) is 17.2 Å². The van der Waals surface area contributed by atoms with Crippen molar-refractivity contribution in [3.63, 3.8) is 0 Å². The summed E-state index contributed by atoms with van der Waals surface area (Å²) in [4.78, 5) is 26.6. The van der Waals surface area contributed by atoms with Gasteiger partial charge >= 0.3 is 0 Å². The van der Waals surface area contributed by atoms with Gasteiger partial charge in [-0.1, -0.05) is 36.2 Å². The average Bonchev–Trinajstić information content (AvgIpc) is 2.78. The van der Waals surface area contributed by atoms with Crippen LogP contribution in [0, 0.1) is 0 Å². The number of halogens is 2. The van der Waals surface area contributed by atoms with E-state index in [2.05, 4.69) is 10.6 Å². The molecule has 0 aliphatic rings. The molecule has 0 atom stereocenters. The second-order valence-corrected chi connectivity index (χ2v) is 7.57. The number of methoxy groups -OCH3 is 3. The van der Waals surface area contributed by atoms with Gasteiger partial charge in [0.25, 0.3) is 0 Å². The van der Waals surface area contributed by atoms with E-state index in [0.29, 0.717) is 39.5 Å². The van der Waals surface area contributed by atoms with Crippen LogP contribution in [0.15, 0.2) is 30.3 Å². The Balaban J connectivity index is 1.94. The molecular formula is C22H27Cl2N3O5. The number of nitrogens with zero attached hydrogens (tertiary/aromatic N) is 1. The SMILES string of the molecule is CCN(CC(=O)NCc1cc(OC)c(OC)c(OC)c1)CC(=O)Nc1c(Cl)cccc1Cl. The maximum absolute atomic E-state index is 12.5. The Morgan fingerprint density at radius 3 is 2.00 bits per heavy atom. The van der Waals surface area contributed by atoms with Crippen molar-refractivity contribution in [2.24, 2.45) is 0 Å². The number of benzene rings is 2. The average molecular weight is 484 g/mol. The summed E-state index contributed by atoms with van der Waals surface area (Å²) in [5.41, 5.74) is 1.13. The number of hydrogen-bond donors (Lipinski definition) is 2. The van der Waals surface area contributed by atoms with Crippen molar-refractivity contribution in [3.05, 3.63) is 45.9 Å². The van der Waals surface area contributed by atoms with Crippen molar-refractivity contribution in [1.29, 1.82) is 0 Å². The van der Waals surface area contributed by atoms with Gasteiger partial charge in [0.05, 0.1) is 50.2 Å². The Hall–Kier alpha value is -2.68. The minimum Gasteiger partial charge on any atom is -0.493 e. The van der Waals surface area contributed by atoms with Gasteiger partial charge in [-0.2, -0.15) is 0 Å². The molecular weight excluding hydrogens is 457 g/mol. The van der Waals surface area contributed by atoms with Gasteiger partial charge in [0, 0.05) is 6.54 Å². The number of nitrogens with one attached hydrogen (secondary N) is 2. The van der Waals surface area contributed by atoms with Gasteiger partial charge in [-0.15, -0.1) is 0 Å². The molecule has 0 spiro atoms. The number of carbonyl (C=O) groups is 2. The number of anilines is 1. The van der Waals surface area contributed by atoms with Crippen LogP contribution < -0.4 is 24.8 Å². The molecule has 0 unspecified atom stereocenters. The third-order valence-electron chi connectivity index (χ3n) is 4.62. The summed E-state index contributed by atoms with van der Waals surface area (Å²) in [6, 6.07) is 8.49. The smallest absolute Gasteiger partial charge is 0.238 e. The molecule has 32 heavy (non-hydrogen) atoms. The fourth-order valence-electron chi connectivity index (χ4n) is 2.98. The monoisotopic (exact) mass is 483 g/mol. The molecule has 0 aliphatic heterocycles. The molecule has 0 aliphatic carbocycles. The fourth-order valence-corrected chi connectivity index (χ4v) is 3.47. The normalized spacial score (nSPS) is 10.6. The van der Waals surface area contributed by atoms with Gasteiger partial charge in [0.15, 0.2) is 11.5 Å². The highest BCUT2D eigenvalue weighted by molar-refractivity contribution is 6.39. The van der Waals surface area contributed by atoms with Crippen LogP contribution in [0.25, 0.3) is 0 Å². The number of amides is 2. The van der Waals surface area contributed by atoms with E-state index >= 15 is 0 Å². The van der Waals surface area contributed by atoms with Crippen molar-refractivity contribution in [2.45, 2.75) is 13.5 Å². The molecule has 0 radical (unpaired) electrons. The maximum atomic E-state index is 12.5. The van der Waals surface area contributed by atoms with Crippen LogP contribution in [0.4, 0.5) is 5.69 Å². The molecule has 8 nitrogen and oxygen atoms in total. The van der Waals surface area contributed by atoms with E-state index in [1.54, 1.807) is 35.2 Å². The fraction of sp³-hybridized carbons (Fsp3) is 0.364. The van der Waals surface area contributed by atoms with Crippen LogP contribution in [0.1, 0.15) is 12.5 Å². The first kappa shape index (κ1) is 25.6. The zero-order valence-electron chi connectivity index (χ0n) is 18.5. The number of ether oxygens (including phenoxy) is 3. The van der Waals surface area contributed by atoms with E-state index in [4.69, 9.17) is 37.4 Å². The molecule has 0 fully saturated rings. The largest absolute Gasteiger partial charge is 0.493 e. The lowest BCUT2D eigenvalue weighted by molar-refractivity contribution is -0.123. The van der Waals surface area contributed by atoms with Crippen LogP contribution in [0.2, 0.25) is 10.0 Å². The molecule has 2 aromatic rings. The highest BCUT2D eigenvalue weighted by atomic mass is 35.5. The number of likely N-dealkylation sites (N-methyl/N-ethyl adjacent to an activating group) is 1. The van der Waals surface area contributed by atoms with Gasteiger partial charge in [-0.25, -0.2) is 0 Å². The number of carbonyl (C=O) groups excluding carboxylic acids is 2. The summed E-state index contributed by atoms with van der Waals surface area (Å²) in [5, 5.41) is 6.22. The highest BCUT2D eigenvalue weighted by Crippen LogP contribution is 2.38. The van der Waals surface area contributed by atoms with Gasteiger partial charge in [-0.05, 0) is 36.4 Å². The molecule has 0 bridgehead atoms. The van der Waals surface area contributed by atoms with Crippen molar-refractivity contribution >= 4 is 40.7 Å². The van der Waals surface area contributed by atoms with Crippen LogP contribution in [0.3, 0.4) is 0 Å². The van der Waals surface area contributed by atoms with Crippen LogP contribution in [-0.4, -0.2) is 57.7 Å². The molecule has 174 valence electrons. The Kier molecular flexibility index (Phi) is 9.90. The highest BCUT2D eigenvalue weighted by Gasteiger charge is 2.17. The summed E-state index contributed by atoms with van der Waals surface area (Å²) >= 11 is 12.2. The second-order valence-electron chi connectivity index (χ2n) is 6.76. The third-order valence-corrected chi connectivity index (χ3v) is 5.25. The number of rotatable bonds is 11. The predicted molar refractivity (Wildman–Crippen MR) is 125 cm³/mol. The molecule has 0 heterocycles. The molecule has 2 amide bonds. The minimum absolute atomic E-state index is 0.00958. The Morgan fingerprint density at radius 2 is 1.50 bits per heavy atom. The Morgan fingerprint density at radius 1 is 0.938 bits per heavy atom. The lowest BCUT2D eigenvalue weighted by Gasteiger charge is -2.20. The van der Waals surface area contributed by atoms with Gasteiger partial charge in [0.1, 0.15) is 0 Å². The molecule has 0 aromatic heterocycles. The van der Waals surface area contributed by atoms with Crippen LogP contribution in [0.5, 0.6) is 17.2 Å². The summed E-state index contributed by atoms with van der Waals surface area (Å²) in [5.74, 6) is 0.928. The Labute approximate surface area is 197 Å². The van der Waals surface area contributed by atoms with Crippen LogP contribution >= 0.6 is 23.2 Å². The van der Waals surface area contributed by atoms with E-state index in [-0.39, 0.29) is 31.4 Å². The van der Waals surface area contributed by atoms with Gasteiger partial charge < -0.3 is 24.8 Å². The Bertz CT molecular complexity index is 910. The van der Waals surface area contributed by atoms with Crippen molar-refractivity contribution in [2.75, 3.05) is 46.3 Å². The van der Waals surface area contributed by atoms with Gasteiger partial charge in [-0.3, -0.25) is 14.5 Å². The molecule has 2 rings (SSSR count). The lowest BCUT2D eigenvalue weighted by Crippen LogP contribution is -2.40. The predicted octanol–water partition coefficient (Wildman–Crippen LogP) is 3.60. The van der Waals surface area contributed by atoms with E-state index < -0.39 is 0 Å². The minimum atomic E-state index is -0.320. The summed E-state index contributed by atoms with van der Waals surface area (Å²) in [7, 11) is 4.58. The van der Waals surface area contributed by atoms with Crippen LogP contribution in [-0.2, 0) is 16.1 Å². The first-order chi connectivity index (χ1) is 15.3. The summed E-state index contributed by atoms with van der Waals surface area (Å²) in [6.45, 7) is 2.68. The quantitative estimate of drug-likeness (QED) is 0.507. The topological polar surface area (TPSA) is 89.1 Å².